The van der Waals surface area contributed by atoms with Gasteiger partial charge in [0.05, 0.1) is 0 Å². The number of hydrogen-bond acceptors (Lipinski definition) is 6. The van der Waals surface area contributed by atoms with Crippen molar-refractivity contribution in [1.29, 1.82) is 0 Å². The van der Waals surface area contributed by atoms with E-state index < -0.39 is 0 Å². The van der Waals surface area contributed by atoms with Crippen LogP contribution in [-0.2, 0) is 6.54 Å². The van der Waals surface area contributed by atoms with Crippen molar-refractivity contribution < 1.29 is 0 Å². The van der Waals surface area contributed by atoms with Crippen molar-refractivity contribution in [1.82, 2.24) is 14.9 Å². The summed E-state index contributed by atoms with van der Waals surface area (Å²) in [7, 11) is 2.19. The van der Waals surface area contributed by atoms with Crippen molar-refractivity contribution in [3.8, 4) is 0 Å². The summed E-state index contributed by atoms with van der Waals surface area (Å²) in [6, 6.07) is 7.88. The summed E-state index contributed by atoms with van der Waals surface area (Å²) < 4.78 is 0. The summed E-state index contributed by atoms with van der Waals surface area (Å²) in [5.74, 6) is 2.22. The minimum atomic E-state index is 0.520. The van der Waals surface area contributed by atoms with Gasteiger partial charge in [-0.3, -0.25) is 0 Å². The summed E-state index contributed by atoms with van der Waals surface area (Å²) in [5, 5.41) is 6.79. The average molecular weight is 326 g/mol. The van der Waals surface area contributed by atoms with Crippen LogP contribution in [0.4, 0.5) is 17.3 Å². The van der Waals surface area contributed by atoms with E-state index in [4.69, 9.17) is 5.73 Å². The zero-order chi connectivity index (χ0) is 16.8. The Bertz CT molecular complexity index is 634. The van der Waals surface area contributed by atoms with E-state index in [0.717, 1.165) is 29.5 Å². The van der Waals surface area contributed by atoms with Gasteiger partial charge in [0.25, 0.3) is 0 Å². The van der Waals surface area contributed by atoms with E-state index in [1.165, 1.54) is 25.9 Å². The lowest BCUT2D eigenvalue weighted by Crippen LogP contribution is -2.33. The lowest BCUT2D eigenvalue weighted by atomic mass is 9.97. The minimum Gasteiger partial charge on any atom is -0.384 e. The van der Waals surface area contributed by atoms with Crippen LogP contribution in [0.15, 0.2) is 36.7 Å². The smallest absolute Gasteiger partial charge is 0.125 e. The molecule has 128 valence electrons. The summed E-state index contributed by atoms with van der Waals surface area (Å²) in [5.41, 5.74) is 7.77. The third-order valence-corrected chi connectivity index (χ3v) is 4.51. The maximum Gasteiger partial charge on any atom is 0.125 e. The quantitative estimate of drug-likeness (QED) is 0.756. The van der Waals surface area contributed by atoms with Crippen molar-refractivity contribution in [2.45, 2.75) is 19.4 Å². The van der Waals surface area contributed by atoms with Gasteiger partial charge in [-0.25, -0.2) is 9.97 Å². The van der Waals surface area contributed by atoms with E-state index in [-0.39, 0.29) is 0 Å². The lowest BCUT2D eigenvalue weighted by molar-refractivity contribution is 0.226. The fourth-order valence-corrected chi connectivity index (χ4v) is 2.91. The highest BCUT2D eigenvalue weighted by Gasteiger charge is 2.16. The molecule has 0 saturated carbocycles. The molecular formula is C18H26N6. The maximum atomic E-state index is 5.68. The molecule has 0 unspecified atom stereocenters. The predicted octanol–water partition coefficient (Wildman–Crippen LogP) is 2.42. The molecule has 0 atom stereocenters. The molecule has 2 aromatic rings. The highest BCUT2D eigenvalue weighted by atomic mass is 15.1. The number of likely N-dealkylation sites (tertiary alicyclic amines) is 1. The zero-order valence-corrected chi connectivity index (χ0v) is 14.2. The Morgan fingerprint density at radius 2 is 2.00 bits per heavy atom. The van der Waals surface area contributed by atoms with Crippen LogP contribution < -0.4 is 16.4 Å². The van der Waals surface area contributed by atoms with Crippen molar-refractivity contribution in [2.24, 2.45) is 5.92 Å². The second-order valence-corrected chi connectivity index (χ2v) is 6.50. The number of piperidine rings is 1. The third-order valence-electron chi connectivity index (χ3n) is 4.51. The largest absolute Gasteiger partial charge is 0.384 e. The second kappa shape index (κ2) is 7.97. The summed E-state index contributed by atoms with van der Waals surface area (Å²) in [6.07, 6.45) is 6.14. The topological polar surface area (TPSA) is 79.1 Å². The molecule has 1 aliphatic rings. The molecule has 1 saturated heterocycles. The van der Waals surface area contributed by atoms with Gasteiger partial charge in [-0.05, 0) is 56.6 Å². The van der Waals surface area contributed by atoms with E-state index >= 15 is 0 Å². The molecule has 3 rings (SSSR count). The Morgan fingerprint density at radius 3 is 2.71 bits per heavy atom. The first-order valence-electron chi connectivity index (χ1n) is 8.52. The van der Waals surface area contributed by atoms with Gasteiger partial charge in [-0.15, -0.1) is 0 Å². The molecular weight excluding hydrogens is 300 g/mol. The Kier molecular flexibility index (Phi) is 5.48. The maximum absolute atomic E-state index is 5.68. The van der Waals surface area contributed by atoms with Crippen LogP contribution in [-0.4, -0.2) is 41.5 Å². The molecule has 3 heterocycles. The fraction of sp³-hybridized carbons (Fsp3) is 0.444. The van der Waals surface area contributed by atoms with Crippen LogP contribution in [0.5, 0.6) is 0 Å². The molecule has 24 heavy (non-hydrogen) atoms. The van der Waals surface area contributed by atoms with Crippen LogP contribution in [0, 0.1) is 5.92 Å². The number of anilines is 3. The summed E-state index contributed by atoms with van der Waals surface area (Å²) in [4.78, 5) is 10.9. The molecule has 4 N–H and O–H groups in total. The van der Waals surface area contributed by atoms with E-state index in [9.17, 15) is 0 Å². The van der Waals surface area contributed by atoms with Crippen LogP contribution in [0.25, 0.3) is 0 Å². The number of rotatable bonds is 6. The Balaban J connectivity index is 1.45. The molecule has 0 aromatic carbocycles. The monoisotopic (exact) mass is 326 g/mol. The molecule has 6 heteroatoms. The van der Waals surface area contributed by atoms with Gasteiger partial charge in [-0.2, -0.15) is 0 Å². The lowest BCUT2D eigenvalue weighted by Gasteiger charge is -2.29. The Hall–Kier alpha value is -2.34. The number of nitrogens with two attached hydrogens (primary N) is 1. The van der Waals surface area contributed by atoms with Gasteiger partial charge in [0.1, 0.15) is 11.6 Å². The first kappa shape index (κ1) is 16.5. The van der Waals surface area contributed by atoms with E-state index in [0.29, 0.717) is 12.4 Å². The number of nitrogens with zero attached hydrogens (tertiary/aromatic N) is 3. The van der Waals surface area contributed by atoms with E-state index in [2.05, 4.69) is 38.6 Å². The number of aromatic nitrogens is 2. The SMILES string of the molecule is CN1CCC(CNc2ccc(CNc3ccnc(N)c3)cn2)CC1. The Labute approximate surface area is 143 Å². The van der Waals surface area contributed by atoms with Gasteiger partial charge in [0, 0.05) is 37.2 Å². The molecule has 1 aliphatic heterocycles. The van der Waals surface area contributed by atoms with Crippen molar-refractivity contribution in [3.05, 3.63) is 42.2 Å². The number of hydrogen-bond donors (Lipinski definition) is 3. The van der Waals surface area contributed by atoms with Crippen molar-refractivity contribution >= 4 is 17.3 Å². The highest BCUT2D eigenvalue weighted by Crippen LogP contribution is 2.17. The molecule has 0 spiro atoms. The van der Waals surface area contributed by atoms with Crippen LogP contribution in [0.1, 0.15) is 18.4 Å². The van der Waals surface area contributed by atoms with E-state index in [1.54, 1.807) is 6.20 Å². The Morgan fingerprint density at radius 1 is 1.17 bits per heavy atom. The third kappa shape index (κ3) is 4.83. The van der Waals surface area contributed by atoms with Crippen LogP contribution in [0.2, 0.25) is 0 Å². The first-order chi connectivity index (χ1) is 11.7. The highest BCUT2D eigenvalue weighted by molar-refractivity contribution is 5.50. The molecule has 6 nitrogen and oxygen atoms in total. The molecule has 2 aromatic heterocycles. The van der Waals surface area contributed by atoms with Crippen molar-refractivity contribution in [3.63, 3.8) is 0 Å². The summed E-state index contributed by atoms with van der Waals surface area (Å²) in [6.45, 7) is 4.12. The van der Waals surface area contributed by atoms with Gasteiger partial charge in [0.15, 0.2) is 0 Å². The molecule has 0 radical (unpaired) electrons. The molecule has 0 amide bonds. The summed E-state index contributed by atoms with van der Waals surface area (Å²) >= 11 is 0. The molecule has 0 aliphatic carbocycles. The first-order valence-corrected chi connectivity index (χ1v) is 8.52. The minimum absolute atomic E-state index is 0.520. The van der Waals surface area contributed by atoms with Crippen LogP contribution in [0.3, 0.4) is 0 Å². The van der Waals surface area contributed by atoms with Gasteiger partial charge < -0.3 is 21.3 Å². The van der Waals surface area contributed by atoms with Gasteiger partial charge in [-0.1, -0.05) is 6.07 Å². The molecule has 1 fully saturated rings. The molecule has 0 bridgehead atoms. The number of pyridine rings is 2. The fourth-order valence-electron chi connectivity index (χ4n) is 2.91. The second-order valence-electron chi connectivity index (χ2n) is 6.50. The van der Waals surface area contributed by atoms with Crippen LogP contribution >= 0.6 is 0 Å². The zero-order valence-electron chi connectivity index (χ0n) is 14.2. The van der Waals surface area contributed by atoms with Crippen molar-refractivity contribution in [2.75, 3.05) is 43.0 Å². The number of nitrogen functional groups attached to an aromatic ring is 1. The van der Waals surface area contributed by atoms with Gasteiger partial charge in [0.2, 0.25) is 0 Å². The standard InChI is InChI=1S/C18H26N6/c1-24-8-5-14(6-9-24)11-22-18-3-2-15(13-23-18)12-21-16-4-7-20-17(19)10-16/h2-4,7,10,13-14H,5-6,8-9,11-12H2,1H3,(H,22,23)(H3,19,20,21). The number of nitrogens with one attached hydrogen (secondary N) is 2. The van der Waals surface area contributed by atoms with Gasteiger partial charge >= 0.3 is 0 Å². The predicted molar refractivity (Wildman–Crippen MR) is 98.9 cm³/mol. The van der Waals surface area contributed by atoms with E-state index in [1.807, 2.05) is 24.4 Å². The normalized spacial score (nSPS) is 16.0. The average Bonchev–Trinajstić information content (AvgIpc) is 2.60.